The molecule has 0 aliphatic rings. The van der Waals surface area contributed by atoms with E-state index in [0.717, 1.165) is 4.88 Å². The number of hydrogen-bond donors (Lipinski definition) is 3. The molecule has 0 bridgehead atoms. The molecule has 0 unspecified atom stereocenters. The Morgan fingerprint density at radius 2 is 1.92 bits per heavy atom. The monoisotopic (exact) mass is 376 g/mol. The van der Waals surface area contributed by atoms with Crippen molar-refractivity contribution in [2.45, 2.75) is 0 Å². The van der Waals surface area contributed by atoms with E-state index in [-0.39, 0.29) is 16.4 Å². The number of thiophene rings is 1. The van der Waals surface area contributed by atoms with Crippen molar-refractivity contribution >= 4 is 52.2 Å². The first-order chi connectivity index (χ1) is 12.0. The second-order valence-electron chi connectivity index (χ2n) is 4.52. The fourth-order valence-electron chi connectivity index (χ4n) is 1.73. The van der Waals surface area contributed by atoms with Crippen molar-refractivity contribution < 1.29 is 14.5 Å². The van der Waals surface area contributed by atoms with Gasteiger partial charge in [-0.2, -0.15) is 0 Å². The van der Waals surface area contributed by atoms with E-state index in [4.69, 9.17) is 12.2 Å². The topological polar surface area (TPSA) is 113 Å². The standard InChI is InChI=1S/C15H12N4O4S2/c20-13(8-7-10-4-3-9-25-10)16-15(24)18-17-14(21)11-5-1-2-6-12(11)19(22)23/h1-9H,(H,17,21)(H2,16,18,20,24). The Hall–Kier alpha value is -3.11. The quantitative estimate of drug-likeness (QED) is 0.326. The summed E-state index contributed by atoms with van der Waals surface area (Å²) in [6.45, 7) is 0. The van der Waals surface area contributed by atoms with Crippen LogP contribution in [0, 0.1) is 10.1 Å². The van der Waals surface area contributed by atoms with Crippen LogP contribution in [0.25, 0.3) is 6.08 Å². The lowest BCUT2D eigenvalue weighted by molar-refractivity contribution is -0.385. The maximum absolute atomic E-state index is 12.0. The second kappa shape index (κ2) is 8.66. The highest BCUT2D eigenvalue weighted by molar-refractivity contribution is 7.80. The van der Waals surface area contributed by atoms with Crippen LogP contribution in [0.1, 0.15) is 15.2 Å². The second-order valence-corrected chi connectivity index (χ2v) is 5.91. The van der Waals surface area contributed by atoms with E-state index >= 15 is 0 Å². The summed E-state index contributed by atoms with van der Waals surface area (Å²) in [5.41, 5.74) is 4.04. The SMILES string of the molecule is O=C(C=Cc1cccs1)NC(=S)NNC(=O)c1ccccc1[N+](=O)[O-]. The molecule has 1 aromatic carbocycles. The van der Waals surface area contributed by atoms with Gasteiger partial charge in [0.1, 0.15) is 5.56 Å². The highest BCUT2D eigenvalue weighted by Crippen LogP contribution is 2.16. The van der Waals surface area contributed by atoms with Crippen molar-refractivity contribution in [1.82, 2.24) is 16.2 Å². The minimum Gasteiger partial charge on any atom is -0.298 e. The van der Waals surface area contributed by atoms with E-state index in [1.54, 1.807) is 6.08 Å². The Kier molecular flexibility index (Phi) is 6.32. The van der Waals surface area contributed by atoms with Gasteiger partial charge >= 0.3 is 0 Å². The number of benzene rings is 1. The van der Waals surface area contributed by atoms with Gasteiger partial charge in [-0.05, 0) is 35.8 Å². The summed E-state index contributed by atoms with van der Waals surface area (Å²) in [7, 11) is 0. The lowest BCUT2D eigenvalue weighted by Crippen LogP contribution is -2.48. The molecule has 3 N–H and O–H groups in total. The normalized spacial score (nSPS) is 10.2. The van der Waals surface area contributed by atoms with E-state index in [1.165, 1.54) is 41.7 Å². The zero-order chi connectivity index (χ0) is 18.2. The predicted octanol–water partition coefficient (Wildman–Crippen LogP) is 2.01. The molecule has 0 atom stereocenters. The summed E-state index contributed by atoms with van der Waals surface area (Å²) in [5, 5.41) is 15.0. The molecule has 0 fully saturated rings. The molecule has 0 saturated heterocycles. The third-order valence-electron chi connectivity index (χ3n) is 2.81. The van der Waals surface area contributed by atoms with Gasteiger partial charge in [0.25, 0.3) is 11.6 Å². The number of amides is 2. The Bertz CT molecular complexity index is 834. The minimum absolute atomic E-state index is 0.133. The number of nitro groups is 1. The fraction of sp³-hybridized carbons (Fsp3) is 0. The van der Waals surface area contributed by atoms with Gasteiger partial charge in [0.2, 0.25) is 5.91 Å². The summed E-state index contributed by atoms with van der Waals surface area (Å²) in [4.78, 5) is 34.8. The summed E-state index contributed by atoms with van der Waals surface area (Å²) in [6, 6.07) is 9.17. The highest BCUT2D eigenvalue weighted by atomic mass is 32.1. The van der Waals surface area contributed by atoms with E-state index in [1.807, 2.05) is 17.5 Å². The van der Waals surface area contributed by atoms with Gasteiger partial charge in [-0.1, -0.05) is 18.2 Å². The van der Waals surface area contributed by atoms with Crippen molar-refractivity contribution in [1.29, 1.82) is 0 Å². The smallest absolute Gasteiger partial charge is 0.282 e. The first-order valence-corrected chi connectivity index (χ1v) is 8.12. The molecule has 2 rings (SSSR count). The van der Waals surface area contributed by atoms with Gasteiger partial charge in [-0.3, -0.25) is 35.9 Å². The highest BCUT2D eigenvalue weighted by Gasteiger charge is 2.19. The molecule has 128 valence electrons. The van der Waals surface area contributed by atoms with Crippen molar-refractivity contribution in [2.24, 2.45) is 0 Å². The average molecular weight is 376 g/mol. The number of rotatable bonds is 4. The maximum atomic E-state index is 12.0. The van der Waals surface area contributed by atoms with Crippen molar-refractivity contribution in [3.05, 3.63) is 68.4 Å². The molecule has 10 heteroatoms. The number of hydrazine groups is 1. The number of nitro benzene ring substituents is 1. The Balaban J connectivity index is 1.86. The molecule has 1 heterocycles. The minimum atomic E-state index is -0.752. The lowest BCUT2D eigenvalue weighted by Gasteiger charge is -2.09. The van der Waals surface area contributed by atoms with Crippen LogP contribution < -0.4 is 16.2 Å². The van der Waals surface area contributed by atoms with Gasteiger partial charge in [0.05, 0.1) is 4.92 Å². The Morgan fingerprint density at radius 1 is 1.16 bits per heavy atom. The number of carbonyl (C=O) groups excluding carboxylic acids is 2. The van der Waals surface area contributed by atoms with Crippen LogP contribution in [0.2, 0.25) is 0 Å². The summed E-state index contributed by atoms with van der Waals surface area (Å²) in [5.74, 6) is -1.23. The third kappa shape index (κ3) is 5.48. The number of carbonyl (C=O) groups is 2. The first-order valence-electron chi connectivity index (χ1n) is 6.83. The zero-order valence-electron chi connectivity index (χ0n) is 12.6. The zero-order valence-corrected chi connectivity index (χ0v) is 14.2. The van der Waals surface area contributed by atoms with E-state index in [2.05, 4.69) is 16.2 Å². The molecule has 0 radical (unpaired) electrons. The van der Waals surface area contributed by atoms with Crippen molar-refractivity contribution in [3.8, 4) is 0 Å². The predicted molar refractivity (Wildman–Crippen MR) is 97.8 cm³/mol. The first kappa shape index (κ1) is 18.2. The maximum Gasteiger partial charge on any atom is 0.282 e. The number of nitrogens with zero attached hydrogens (tertiary/aromatic N) is 1. The number of nitrogens with one attached hydrogen (secondary N) is 3. The summed E-state index contributed by atoms with van der Waals surface area (Å²) in [6.07, 6.45) is 2.91. The summed E-state index contributed by atoms with van der Waals surface area (Å²) < 4.78 is 0. The van der Waals surface area contributed by atoms with Crippen LogP contribution in [0.15, 0.2) is 47.9 Å². The largest absolute Gasteiger partial charge is 0.298 e. The van der Waals surface area contributed by atoms with Crippen LogP contribution in [-0.2, 0) is 4.79 Å². The lowest BCUT2D eigenvalue weighted by atomic mass is 10.2. The molecular weight excluding hydrogens is 364 g/mol. The molecule has 8 nitrogen and oxygen atoms in total. The number of thiocarbonyl (C=S) groups is 1. The molecule has 0 aliphatic heterocycles. The third-order valence-corrected chi connectivity index (χ3v) is 3.86. The van der Waals surface area contributed by atoms with Gasteiger partial charge in [0, 0.05) is 17.0 Å². The fourth-order valence-corrected chi connectivity index (χ4v) is 2.50. The number of hydrogen-bond acceptors (Lipinski definition) is 6. The van der Waals surface area contributed by atoms with Gasteiger partial charge in [-0.25, -0.2) is 0 Å². The van der Waals surface area contributed by atoms with Gasteiger partial charge in [-0.15, -0.1) is 11.3 Å². The van der Waals surface area contributed by atoms with Crippen LogP contribution in [-0.4, -0.2) is 21.9 Å². The Morgan fingerprint density at radius 3 is 2.60 bits per heavy atom. The molecule has 0 aliphatic carbocycles. The molecule has 2 amide bonds. The molecule has 2 aromatic rings. The van der Waals surface area contributed by atoms with Gasteiger partial charge < -0.3 is 0 Å². The molecule has 0 saturated carbocycles. The molecule has 1 aromatic heterocycles. The Labute approximate surface area is 151 Å². The van der Waals surface area contributed by atoms with Crippen molar-refractivity contribution in [2.75, 3.05) is 0 Å². The molecule has 25 heavy (non-hydrogen) atoms. The average Bonchev–Trinajstić information content (AvgIpc) is 3.11. The van der Waals surface area contributed by atoms with E-state index < -0.39 is 16.7 Å². The van der Waals surface area contributed by atoms with Crippen LogP contribution in [0.4, 0.5) is 5.69 Å². The van der Waals surface area contributed by atoms with Crippen LogP contribution in [0.3, 0.4) is 0 Å². The van der Waals surface area contributed by atoms with Crippen molar-refractivity contribution in [3.63, 3.8) is 0 Å². The number of para-hydroxylation sites is 1. The van der Waals surface area contributed by atoms with E-state index in [0.29, 0.717) is 0 Å². The molecular formula is C15H12N4O4S2. The van der Waals surface area contributed by atoms with Crippen LogP contribution >= 0.6 is 23.6 Å². The summed E-state index contributed by atoms with van der Waals surface area (Å²) >= 11 is 6.35. The molecule has 0 spiro atoms. The van der Waals surface area contributed by atoms with Gasteiger partial charge in [0.15, 0.2) is 5.11 Å². The van der Waals surface area contributed by atoms with E-state index in [9.17, 15) is 19.7 Å². The van der Waals surface area contributed by atoms with Crippen LogP contribution in [0.5, 0.6) is 0 Å².